The second-order valence-electron chi connectivity index (χ2n) is 12.3. The highest BCUT2D eigenvalue weighted by Crippen LogP contribution is 2.48. The monoisotopic (exact) mass is 607 g/mol. The molecule has 1 saturated carbocycles. The van der Waals surface area contributed by atoms with Gasteiger partial charge in [0, 0.05) is 29.3 Å². The Morgan fingerprint density at radius 2 is 1.62 bits per heavy atom. The molecule has 7 heteroatoms. The van der Waals surface area contributed by atoms with Crippen molar-refractivity contribution in [1.29, 1.82) is 0 Å². The van der Waals surface area contributed by atoms with Crippen LogP contribution < -0.4 is 14.2 Å². The van der Waals surface area contributed by atoms with Crippen LogP contribution in [0, 0.1) is 5.92 Å². The SMILES string of the molecule is COc1ccc(C2CC(=O)C3=C(C2)N=C(C)C(C(=O)OC2CCCCC2)C3c2cccc(OCc3ccccc3)c2)cc1OC. The van der Waals surface area contributed by atoms with Crippen LogP contribution in [0.25, 0.3) is 0 Å². The molecule has 0 radical (unpaired) electrons. The highest BCUT2D eigenvalue weighted by atomic mass is 16.5. The largest absolute Gasteiger partial charge is 0.493 e. The first-order chi connectivity index (χ1) is 21.9. The van der Waals surface area contributed by atoms with Crippen molar-refractivity contribution in [2.75, 3.05) is 14.2 Å². The summed E-state index contributed by atoms with van der Waals surface area (Å²) in [6.45, 7) is 2.31. The topological polar surface area (TPSA) is 83.4 Å². The summed E-state index contributed by atoms with van der Waals surface area (Å²) in [5.41, 5.74) is 4.94. The molecule has 45 heavy (non-hydrogen) atoms. The van der Waals surface area contributed by atoms with Gasteiger partial charge in [-0.25, -0.2) is 0 Å². The number of nitrogens with zero attached hydrogens (tertiary/aromatic N) is 1. The lowest BCUT2D eigenvalue weighted by molar-refractivity contribution is -0.153. The zero-order valence-electron chi connectivity index (χ0n) is 26.3. The zero-order valence-corrected chi connectivity index (χ0v) is 26.3. The Balaban J connectivity index is 1.35. The van der Waals surface area contributed by atoms with Crippen LogP contribution >= 0.6 is 0 Å². The number of carbonyl (C=O) groups excluding carboxylic acids is 2. The first-order valence-corrected chi connectivity index (χ1v) is 16.0. The van der Waals surface area contributed by atoms with E-state index in [1.165, 1.54) is 6.42 Å². The first kappa shape index (κ1) is 30.6. The van der Waals surface area contributed by atoms with Crippen molar-refractivity contribution in [1.82, 2.24) is 0 Å². The Bertz CT molecular complexity index is 1600. The molecule has 1 heterocycles. The first-order valence-electron chi connectivity index (χ1n) is 16.0. The number of ketones is 1. The molecule has 1 fully saturated rings. The van der Waals surface area contributed by atoms with Gasteiger partial charge in [0.1, 0.15) is 24.4 Å². The number of rotatable bonds is 9. The molecule has 0 spiro atoms. The third kappa shape index (κ3) is 6.68. The van der Waals surface area contributed by atoms with Crippen molar-refractivity contribution in [2.45, 2.75) is 76.4 Å². The summed E-state index contributed by atoms with van der Waals surface area (Å²) < 4.78 is 23.3. The smallest absolute Gasteiger partial charge is 0.315 e. The van der Waals surface area contributed by atoms with Crippen molar-refractivity contribution in [2.24, 2.45) is 10.9 Å². The van der Waals surface area contributed by atoms with Crippen LogP contribution in [0.1, 0.15) is 80.4 Å². The Morgan fingerprint density at radius 1 is 0.844 bits per heavy atom. The summed E-state index contributed by atoms with van der Waals surface area (Å²) in [7, 11) is 3.22. The molecule has 3 aliphatic rings. The van der Waals surface area contributed by atoms with E-state index in [9.17, 15) is 9.59 Å². The molecule has 2 aliphatic carbocycles. The minimum absolute atomic E-state index is 0.00311. The standard InChI is InChI=1S/C38H41NO6/c1-24-35(38(41)45-29-14-8-5-9-15-29)36(27-13-10-16-30(19-27)44-23-25-11-6-4-7-12-25)37-31(39-24)20-28(21-32(37)40)26-17-18-33(42-2)34(22-26)43-3/h4,6-7,10-13,16-19,22,28-29,35-36H,5,8-9,14-15,20-21,23H2,1-3H3. The van der Waals surface area contributed by atoms with Crippen LogP contribution in [0.5, 0.6) is 17.2 Å². The van der Waals surface area contributed by atoms with Gasteiger partial charge in [-0.05, 0) is 85.9 Å². The number of esters is 1. The maximum Gasteiger partial charge on any atom is 0.315 e. The third-order valence-electron chi connectivity index (χ3n) is 9.32. The molecule has 3 unspecified atom stereocenters. The average Bonchev–Trinajstić information content (AvgIpc) is 3.07. The molecule has 234 valence electrons. The minimum atomic E-state index is -0.684. The number of Topliss-reactive ketones (excluding diaryl/α,β-unsaturated/α-hetero) is 1. The van der Waals surface area contributed by atoms with Gasteiger partial charge in [0.05, 0.1) is 14.2 Å². The fourth-order valence-electron chi connectivity index (χ4n) is 7.03. The van der Waals surface area contributed by atoms with E-state index >= 15 is 0 Å². The zero-order chi connectivity index (χ0) is 31.3. The van der Waals surface area contributed by atoms with E-state index in [1.807, 2.05) is 79.7 Å². The van der Waals surface area contributed by atoms with Gasteiger partial charge in [0.2, 0.25) is 0 Å². The van der Waals surface area contributed by atoms with Gasteiger partial charge in [-0.1, -0.05) is 55.0 Å². The van der Waals surface area contributed by atoms with Crippen LogP contribution in [0.4, 0.5) is 0 Å². The molecule has 3 aromatic rings. The van der Waals surface area contributed by atoms with Crippen LogP contribution in [0.15, 0.2) is 89.1 Å². The van der Waals surface area contributed by atoms with E-state index < -0.39 is 11.8 Å². The van der Waals surface area contributed by atoms with E-state index in [4.69, 9.17) is 23.9 Å². The van der Waals surface area contributed by atoms with E-state index in [0.717, 1.165) is 48.1 Å². The normalized spacial score (nSPS) is 21.9. The van der Waals surface area contributed by atoms with E-state index in [-0.39, 0.29) is 23.8 Å². The predicted molar refractivity (Wildman–Crippen MR) is 173 cm³/mol. The van der Waals surface area contributed by atoms with E-state index in [1.54, 1.807) is 14.2 Å². The van der Waals surface area contributed by atoms with Gasteiger partial charge < -0.3 is 18.9 Å². The fraction of sp³-hybridized carbons (Fsp3) is 0.395. The molecule has 1 aliphatic heterocycles. The van der Waals surface area contributed by atoms with Crippen LogP contribution in [-0.2, 0) is 20.9 Å². The summed E-state index contributed by atoms with van der Waals surface area (Å²) in [5, 5.41) is 0. The molecule has 0 bridgehead atoms. The molecule has 0 amide bonds. The molecular formula is C38H41NO6. The third-order valence-corrected chi connectivity index (χ3v) is 9.32. The second-order valence-corrected chi connectivity index (χ2v) is 12.3. The van der Waals surface area contributed by atoms with Crippen molar-refractivity contribution in [3.63, 3.8) is 0 Å². The molecule has 0 aromatic heterocycles. The van der Waals surface area contributed by atoms with Crippen molar-refractivity contribution < 1.29 is 28.5 Å². The molecule has 0 saturated heterocycles. The molecule has 3 aromatic carbocycles. The van der Waals surface area contributed by atoms with E-state index in [2.05, 4.69) is 0 Å². The van der Waals surface area contributed by atoms with Gasteiger partial charge in [0.25, 0.3) is 0 Å². The van der Waals surface area contributed by atoms with Gasteiger partial charge >= 0.3 is 5.97 Å². The summed E-state index contributed by atoms with van der Waals surface area (Å²) >= 11 is 0. The van der Waals surface area contributed by atoms with Crippen LogP contribution in [-0.4, -0.2) is 37.8 Å². The number of hydrogen-bond acceptors (Lipinski definition) is 7. The number of allylic oxidation sites excluding steroid dienone is 2. The van der Waals surface area contributed by atoms with Crippen molar-refractivity contribution >= 4 is 17.5 Å². The number of benzene rings is 3. The van der Waals surface area contributed by atoms with Crippen LogP contribution in [0.2, 0.25) is 0 Å². The highest BCUT2D eigenvalue weighted by molar-refractivity contribution is 6.09. The van der Waals surface area contributed by atoms with Gasteiger partial charge in [-0.2, -0.15) is 0 Å². The van der Waals surface area contributed by atoms with Gasteiger partial charge in [-0.15, -0.1) is 0 Å². The fourth-order valence-corrected chi connectivity index (χ4v) is 7.03. The number of methoxy groups -OCH3 is 2. The number of ether oxygens (including phenoxy) is 4. The number of carbonyl (C=O) groups is 2. The maximum absolute atomic E-state index is 14.2. The molecule has 7 nitrogen and oxygen atoms in total. The minimum Gasteiger partial charge on any atom is -0.493 e. The Kier molecular flexibility index (Phi) is 9.34. The summed E-state index contributed by atoms with van der Waals surface area (Å²) in [5.74, 6) is 0.395. The van der Waals surface area contributed by atoms with Crippen LogP contribution in [0.3, 0.4) is 0 Å². The van der Waals surface area contributed by atoms with Gasteiger partial charge in [0.15, 0.2) is 17.3 Å². The van der Waals surface area contributed by atoms with Gasteiger partial charge in [-0.3, -0.25) is 14.6 Å². The predicted octanol–water partition coefficient (Wildman–Crippen LogP) is 7.73. The quantitative estimate of drug-likeness (QED) is 0.232. The Labute approximate surface area is 265 Å². The Morgan fingerprint density at radius 3 is 2.38 bits per heavy atom. The lowest BCUT2D eigenvalue weighted by Crippen LogP contribution is -2.39. The van der Waals surface area contributed by atoms with Crippen molar-refractivity contribution in [3.8, 4) is 17.2 Å². The Hall–Kier alpha value is -4.39. The van der Waals surface area contributed by atoms with Crippen molar-refractivity contribution in [3.05, 3.63) is 101 Å². The van der Waals surface area contributed by atoms with E-state index in [0.29, 0.717) is 48.0 Å². The molecular weight excluding hydrogens is 566 g/mol. The number of hydrogen-bond donors (Lipinski definition) is 0. The molecule has 0 N–H and O–H groups in total. The summed E-state index contributed by atoms with van der Waals surface area (Å²) in [6.07, 6.45) is 5.85. The maximum atomic E-state index is 14.2. The summed E-state index contributed by atoms with van der Waals surface area (Å²) in [6, 6.07) is 23.6. The lowest BCUT2D eigenvalue weighted by Gasteiger charge is -2.37. The second kappa shape index (κ2) is 13.7. The summed E-state index contributed by atoms with van der Waals surface area (Å²) in [4.78, 5) is 33.1. The average molecular weight is 608 g/mol. The number of aliphatic imine (C=N–C) groups is 1. The lowest BCUT2D eigenvalue weighted by atomic mass is 9.69. The molecule has 6 rings (SSSR count). The highest BCUT2D eigenvalue weighted by Gasteiger charge is 2.45. The molecule has 3 atom stereocenters.